The fourth-order valence-electron chi connectivity index (χ4n) is 4.28. The molecule has 1 aromatic rings. The standard InChI is InChI=1S/C23H36N4O3/c1-4-24-23(27-14-17(2)21(16-27)22(29)30-3)25-13-18-5-7-19(8-6-18)15-26-11-9-20(28)10-12-26/h5-8,17,20-21,28H,4,9-16H2,1-3H3,(H,24,25). The van der Waals surface area contributed by atoms with Crippen LogP contribution in [0.25, 0.3) is 0 Å². The van der Waals surface area contributed by atoms with Crippen LogP contribution in [-0.2, 0) is 22.6 Å². The number of hydrogen-bond donors (Lipinski definition) is 2. The van der Waals surface area contributed by atoms with Crippen molar-refractivity contribution in [3.05, 3.63) is 35.4 Å². The topological polar surface area (TPSA) is 77.4 Å². The highest BCUT2D eigenvalue weighted by molar-refractivity contribution is 5.82. The fourth-order valence-corrected chi connectivity index (χ4v) is 4.28. The second-order valence-electron chi connectivity index (χ2n) is 8.51. The quantitative estimate of drug-likeness (QED) is 0.419. The number of nitrogens with zero attached hydrogens (tertiary/aromatic N) is 3. The molecule has 0 spiro atoms. The predicted molar refractivity (Wildman–Crippen MR) is 118 cm³/mol. The third-order valence-electron chi connectivity index (χ3n) is 6.15. The van der Waals surface area contributed by atoms with E-state index in [1.54, 1.807) is 0 Å². The van der Waals surface area contributed by atoms with Crippen LogP contribution >= 0.6 is 0 Å². The van der Waals surface area contributed by atoms with Crippen molar-refractivity contribution in [2.45, 2.75) is 45.9 Å². The minimum absolute atomic E-state index is 0.103. The molecule has 0 amide bonds. The number of benzene rings is 1. The Kier molecular flexibility index (Phi) is 8.10. The van der Waals surface area contributed by atoms with Gasteiger partial charge in [-0.15, -0.1) is 0 Å². The van der Waals surface area contributed by atoms with Gasteiger partial charge in [0.25, 0.3) is 0 Å². The van der Waals surface area contributed by atoms with E-state index in [9.17, 15) is 9.90 Å². The zero-order chi connectivity index (χ0) is 21.5. The van der Waals surface area contributed by atoms with E-state index in [0.29, 0.717) is 13.1 Å². The predicted octanol–water partition coefficient (Wildman–Crippen LogP) is 1.85. The van der Waals surface area contributed by atoms with Gasteiger partial charge in [-0.05, 0) is 36.8 Å². The summed E-state index contributed by atoms with van der Waals surface area (Å²) >= 11 is 0. The SMILES string of the molecule is CCNC(=NCc1ccc(CN2CCC(O)CC2)cc1)N1CC(C)C(C(=O)OC)C1. The number of hydrogen-bond acceptors (Lipinski definition) is 5. The van der Waals surface area contributed by atoms with Crippen molar-refractivity contribution >= 4 is 11.9 Å². The zero-order valence-electron chi connectivity index (χ0n) is 18.5. The molecule has 0 bridgehead atoms. The van der Waals surface area contributed by atoms with Crippen LogP contribution in [0.15, 0.2) is 29.3 Å². The number of rotatable bonds is 6. The molecule has 2 aliphatic heterocycles. The minimum atomic E-state index is -0.139. The van der Waals surface area contributed by atoms with Gasteiger partial charge in [0.2, 0.25) is 0 Å². The Hall–Kier alpha value is -2.12. The molecular weight excluding hydrogens is 380 g/mol. The number of aliphatic hydroxyl groups excluding tert-OH is 1. The van der Waals surface area contributed by atoms with Crippen molar-refractivity contribution in [1.29, 1.82) is 0 Å². The highest BCUT2D eigenvalue weighted by Crippen LogP contribution is 2.24. The molecule has 0 aliphatic carbocycles. The molecule has 2 aliphatic rings. The zero-order valence-corrected chi connectivity index (χ0v) is 18.5. The van der Waals surface area contributed by atoms with Gasteiger partial charge in [0.15, 0.2) is 5.96 Å². The molecule has 30 heavy (non-hydrogen) atoms. The van der Waals surface area contributed by atoms with E-state index in [-0.39, 0.29) is 23.9 Å². The van der Waals surface area contributed by atoms with Gasteiger partial charge in [0, 0.05) is 39.3 Å². The van der Waals surface area contributed by atoms with Crippen molar-refractivity contribution in [3.8, 4) is 0 Å². The summed E-state index contributed by atoms with van der Waals surface area (Å²) < 4.78 is 4.95. The Morgan fingerprint density at radius 2 is 1.87 bits per heavy atom. The molecule has 0 saturated carbocycles. The Balaban J connectivity index is 1.57. The highest BCUT2D eigenvalue weighted by atomic mass is 16.5. The van der Waals surface area contributed by atoms with Crippen LogP contribution in [0.2, 0.25) is 0 Å². The van der Waals surface area contributed by atoms with Gasteiger partial charge in [-0.1, -0.05) is 31.2 Å². The molecule has 2 fully saturated rings. The van der Waals surface area contributed by atoms with Crippen LogP contribution < -0.4 is 5.32 Å². The first-order chi connectivity index (χ1) is 14.5. The van der Waals surface area contributed by atoms with Gasteiger partial charge >= 0.3 is 5.97 Å². The number of aliphatic imine (C=N–C) groups is 1. The van der Waals surface area contributed by atoms with E-state index in [1.807, 2.05) is 0 Å². The average molecular weight is 417 g/mol. The lowest BCUT2D eigenvalue weighted by Crippen LogP contribution is -2.40. The number of likely N-dealkylation sites (tertiary alicyclic amines) is 2. The maximum absolute atomic E-state index is 12.0. The summed E-state index contributed by atoms with van der Waals surface area (Å²) in [6.07, 6.45) is 1.60. The van der Waals surface area contributed by atoms with Gasteiger partial charge < -0.3 is 20.1 Å². The van der Waals surface area contributed by atoms with E-state index in [2.05, 4.69) is 53.2 Å². The summed E-state index contributed by atoms with van der Waals surface area (Å²) in [5, 5.41) is 13.0. The van der Waals surface area contributed by atoms with E-state index in [4.69, 9.17) is 9.73 Å². The largest absolute Gasteiger partial charge is 0.469 e. The van der Waals surface area contributed by atoms with Gasteiger partial charge in [0.05, 0.1) is 25.7 Å². The third kappa shape index (κ3) is 5.95. The van der Waals surface area contributed by atoms with Crippen molar-refractivity contribution in [1.82, 2.24) is 15.1 Å². The van der Waals surface area contributed by atoms with Crippen molar-refractivity contribution in [2.24, 2.45) is 16.8 Å². The van der Waals surface area contributed by atoms with E-state index >= 15 is 0 Å². The maximum atomic E-state index is 12.0. The molecule has 166 valence electrons. The molecule has 1 aromatic carbocycles. The van der Waals surface area contributed by atoms with Crippen LogP contribution in [0, 0.1) is 11.8 Å². The number of esters is 1. The summed E-state index contributed by atoms with van der Waals surface area (Å²) in [6, 6.07) is 8.64. The van der Waals surface area contributed by atoms with E-state index < -0.39 is 0 Å². The number of methoxy groups -OCH3 is 1. The first-order valence-corrected chi connectivity index (χ1v) is 11.1. The minimum Gasteiger partial charge on any atom is -0.469 e. The van der Waals surface area contributed by atoms with Gasteiger partial charge in [0.1, 0.15) is 0 Å². The van der Waals surface area contributed by atoms with Crippen LogP contribution in [0.3, 0.4) is 0 Å². The Labute approximate surface area is 180 Å². The molecule has 7 nitrogen and oxygen atoms in total. The molecule has 0 aromatic heterocycles. The summed E-state index contributed by atoms with van der Waals surface area (Å²) in [4.78, 5) is 21.4. The lowest BCUT2D eigenvalue weighted by atomic mass is 9.99. The Morgan fingerprint density at radius 1 is 1.20 bits per heavy atom. The third-order valence-corrected chi connectivity index (χ3v) is 6.15. The average Bonchev–Trinajstić information content (AvgIpc) is 3.14. The van der Waals surface area contributed by atoms with Crippen LogP contribution in [-0.4, -0.2) is 72.8 Å². The summed E-state index contributed by atoms with van der Waals surface area (Å²) in [5.41, 5.74) is 2.46. The lowest BCUT2D eigenvalue weighted by molar-refractivity contribution is -0.145. The number of nitrogens with one attached hydrogen (secondary N) is 1. The number of carbonyl (C=O) groups excluding carboxylic acids is 1. The lowest BCUT2D eigenvalue weighted by Gasteiger charge is -2.29. The van der Waals surface area contributed by atoms with Crippen molar-refractivity contribution in [2.75, 3.05) is 39.8 Å². The normalized spacial score (nSPS) is 23.6. The molecule has 2 heterocycles. The highest BCUT2D eigenvalue weighted by Gasteiger charge is 2.36. The van der Waals surface area contributed by atoms with E-state index in [0.717, 1.165) is 51.5 Å². The summed E-state index contributed by atoms with van der Waals surface area (Å²) in [7, 11) is 1.45. The van der Waals surface area contributed by atoms with Gasteiger partial charge in [-0.3, -0.25) is 9.69 Å². The summed E-state index contributed by atoms with van der Waals surface area (Å²) in [6.45, 7) is 9.83. The maximum Gasteiger partial charge on any atom is 0.310 e. The molecular formula is C23H36N4O3. The number of aliphatic hydroxyl groups is 1. The number of ether oxygens (including phenoxy) is 1. The molecule has 3 rings (SSSR count). The molecule has 2 unspecified atom stereocenters. The van der Waals surface area contributed by atoms with E-state index in [1.165, 1.54) is 18.2 Å². The van der Waals surface area contributed by atoms with Gasteiger partial charge in [-0.25, -0.2) is 4.99 Å². The second-order valence-corrected chi connectivity index (χ2v) is 8.51. The smallest absolute Gasteiger partial charge is 0.310 e. The fraction of sp³-hybridized carbons (Fsp3) is 0.652. The van der Waals surface area contributed by atoms with Gasteiger partial charge in [-0.2, -0.15) is 0 Å². The summed E-state index contributed by atoms with van der Waals surface area (Å²) in [5.74, 6) is 0.858. The molecule has 0 radical (unpaired) electrons. The Bertz CT molecular complexity index is 714. The molecule has 2 atom stereocenters. The Morgan fingerprint density at radius 3 is 2.50 bits per heavy atom. The molecule has 2 saturated heterocycles. The first-order valence-electron chi connectivity index (χ1n) is 11.1. The monoisotopic (exact) mass is 416 g/mol. The van der Waals surface area contributed by atoms with Crippen LogP contribution in [0.5, 0.6) is 0 Å². The number of guanidine groups is 1. The molecule has 7 heteroatoms. The van der Waals surface area contributed by atoms with Crippen molar-refractivity contribution in [3.63, 3.8) is 0 Å². The molecule has 2 N–H and O–H groups in total. The first kappa shape index (κ1) is 22.6. The number of carbonyl (C=O) groups is 1. The number of piperidine rings is 1. The van der Waals surface area contributed by atoms with Crippen molar-refractivity contribution < 1.29 is 14.6 Å². The van der Waals surface area contributed by atoms with Crippen LogP contribution in [0.4, 0.5) is 0 Å². The van der Waals surface area contributed by atoms with Crippen LogP contribution in [0.1, 0.15) is 37.8 Å². The second kappa shape index (κ2) is 10.8.